The zero-order valence-electron chi connectivity index (χ0n) is 14.9. The molecule has 2 heterocycles. The molecule has 0 bridgehead atoms. The molecule has 0 amide bonds. The van der Waals surface area contributed by atoms with E-state index in [-0.39, 0.29) is 34.4 Å². The first kappa shape index (κ1) is 18.8. The second-order valence-corrected chi connectivity index (χ2v) is 11.9. The van der Waals surface area contributed by atoms with Crippen LogP contribution in [0.3, 0.4) is 0 Å². The Balaban J connectivity index is 1.85. The first-order valence-corrected chi connectivity index (χ1v) is 12.5. The van der Waals surface area contributed by atoms with Crippen LogP contribution in [0, 0.1) is 18.8 Å². The van der Waals surface area contributed by atoms with Gasteiger partial charge in [0, 0.05) is 6.04 Å². The van der Waals surface area contributed by atoms with E-state index in [1.807, 2.05) is 0 Å². The Morgan fingerprint density at radius 2 is 1.92 bits per heavy atom. The Labute approximate surface area is 150 Å². The van der Waals surface area contributed by atoms with E-state index in [1.165, 1.54) is 6.42 Å². The number of hydrogen-bond donors (Lipinski definition) is 0. The Morgan fingerprint density at radius 1 is 1.16 bits per heavy atom. The standard InChI is InChI=1S/C16H27N3O4S2/c1-12-5-3-7-15(9-12)19-13(2)17-18-16(19)25(22,23)11-14-6-4-8-24(20,21)10-14/h12,14-15H,3-11H2,1-2H3. The van der Waals surface area contributed by atoms with Crippen molar-refractivity contribution >= 4 is 19.7 Å². The average Bonchev–Trinajstić information content (AvgIpc) is 2.88. The lowest BCUT2D eigenvalue weighted by Gasteiger charge is -2.29. The van der Waals surface area contributed by atoms with Crippen molar-refractivity contribution < 1.29 is 16.8 Å². The van der Waals surface area contributed by atoms with Crippen LogP contribution in [-0.4, -0.2) is 48.9 Å². The first-order valence-electron chi connectivity index (χ1n) is 9.02. The van der Waals surface area contributed by atoms with Crippen molar-refractivity contribution in [2.24, 2.45) is 11.8 Å². The minimum Gasteiger partial charge on any atom is -0.299 e. The molecule has 2 fully saturated rings. The SMILES string of the molecule is Cc1nnc(S(=O)(=O)CC2CCCS(=O)(=O)C2)n1C1CCCC(C)C1. The number of aryl methyl sites for hydroxylation is 1. The Morgan fingerprint density at radius 3 is 2.60 bits per heavy atom. The van der Waals surface area contributed by atoms with E-state index in [2.05, 4.69) is 17.1 Å². The minimum atomic E-state index is -3.66. The van der Waals surface area contributed by atoms with Crippen LogP contribution in [0.2, 0.25) is 0 Å². The highest BCUT2D eigenvalue weighted by Crippen LogP contribution is 2.35. The molecule has 9 heteroatoms. The van der Waals surface area contributed by atoms with E-state index in [0.717, 1.165) is 19.3 Å². The zero-order chi connectivity index (χ0) is 18.2. The largest absolute Gasteiger partial charge is 0.299 e. The van der Waals surface area contributed by atoms with Crippen molar-refractivity contribution in [3.63, 3.8) is 0 Å². The van der Waals surface area contributed by atoms with Gasteiger partial charge in [-0.1, -0.05) is 19.8 Å². The summed E-state index contributed by atoms with van der Waals surface area (Å²) in [6.45, 7) is 3.98. The van der Waals surface area contributed by atoms with E-state index in [4.69, 9.17) is 0 Å². The van der Waals surface area contributed by atoms with Crippen LogP contribution in [0.25, 0.3) is 0 Å². The summed E-state index contributed by atoms with van der Waals surface area (Å²) in [6, 6.07) is 0.110. The Bertz CT molecular complexity index is 830. The Kier molecular flexibility index (Phi) is 5.26. The number of hydrogen-bond acceptors (Lipinski definition) is 6. The number of sulfone groups is 2. The maximum atomic E-state index is 13.0. The highest BCUT2D eigenvalue weighted by molar-refractivity contribution is 7.92. The lowest BCUT2D eigenvalue weighted by molar-refractivity contribution is 0.267. The number of aromatic nitrogens is 3. The van der Waals surface area contributed by atoms with Crippen molar-refractivity contribution in [1.82, 2.24) is 14.8 Å². The fraction of sp³-hybridized carbons (Fsp3) is 0.875. The summed E-state index contributed by atoms with van der Waals surface area (Å²) in [5.41, 5.74) is 0. The summed E-state index contributed by atoms with van der Waals surface area (Å²) >= 11 is 0. The van der Waals surface area contributed by atoms with Crippen LogP contribution in [0.4, 0.5) is 0 Å². The fourth-order valence-electron chi connectivity index (χ4n) is 4.25. The maximum absolute atomic E-state index is 13.0. The monoisotopic (exact) mass is 389 g/mol. The molecule has 1 saturated carbocycles. The molecule has 0 aromatic carbocycles. The summed E-state index contributed by atoms with van der Waals surface area (Å²) in [5, 5.41) is 8.01. The van der Waals surface area contributed by atoms with Gasteiger partial charge in [-0.3, -0.25) is 4.57 Å². The molecule has 3 rings (SSSR count). The zero-order valence-corrected chi connectivity index (χ0v) is 16.5. The van der Waals surface area contributed by atoms with E-state index >= 15 is 0 Å². The van der Waals surface area contributed by atoms with Gasteiger partial charge in [0.25, 0.3) is 0 Å². The average molecular weight is 390 g/mol. The number of rotatable bonds is 4. The molecule has 1 aliphatic carbocycles. The molecule has 142 valence electrons. The van der Waals surface area contributed by atoms with Crippen LogP contribution in [0.5, 0.6) is 0 Å². The van der Waals surface area contributed by atoms with Gasteiger partial charge >= 0.3 is 0 Å². The third kappa shape index (κ3) is 4.24. The molecule has 3 unspecified atom stereocenters. The van der Waals surface area contributed by atoms with Crippen molar-refractivity contribution in [3.8, 4) is 0 Å². The van der Waals surface area contributed by atoms with Gasteiger partial charge in [-0.15, -0.1) is 10.2 Å². The molecule has 1 saturated heterocycles. The molecule has 1 aromatic rings. The fourth-order valence-corrected chi connectivity index (χ4v) is 7.98. The molecule has 3 atom stereocenters. The summed E-state index contributed by atoms with van der Waals surface area (Å²) in [6.07, 6.45) is 5.27. The van der Waals surface area contributed by atoms with E-state index in [0.29, 0.717) is 24.6 Å². The van der Waals surface area contributed by atoms with E-state index in [9.17, 15) is 16.8 Å². The van der Waals surface area contributed by atoms with Gasteiger partial charge in [0.15, 0.2) is 9.84 Å². The van der Waals surface area contributed by atoms with Crippen LogP contribution >= 0.6 is 0 Å². The van der Waals surface area contributed by atoms with Crippen LogP contribution < -0.4 is 0 Å². The van der Waals surface area contributed by atoms with Crippen LogP contribution in [0.15, 0.2) is 5.16 Å². The molecule has 7 nitrogen and oxygen atoms in total. The molecule has 0 radical (unpaired) electrons. The minimum absolute atomic E-state index is 0.0204. The maximum Gasteiger partial charge on any atom is 0.249 e. The molecular weight excluding hydrogens is 362 g/mol. The lowest BCUT2D eigenvalue weighted by atomic mass is 9.87. The smallest absolute Gasteiger partial charge is 0.249 e. The molecule has 1 aromatic heterocycles. The van der Waals surface area contributed by atoms with Gasteiger partial charge in [-0.25, -0.2) is 16.8 Å². The second-order valence-electron chi connectivity index (χ2n) is 7.73. The van der Waals surface area contributed by atoms with Gasteiger partial charge < -0.3 is 0 Å². The highest BCUT2D eigenvalue weighted by Gasteiger charge is 2.34. The molecular formula is C16H27N3O4S2. The Hall–Kier alpha value is -0.960. The van der Waals surface area contributed by atoms with Crippen LogP contribution in [0.1, 0.15) is 57.3 Å². The predicted molar refractivity (Wildman–Crippen MR) is 94.9 cm³/mol. The van der Waals surface area contributed by atoms with Gasteiger partial charge in [-0.05, 0) is 44.4 Å². The van der Waals surface area contributed by atoms with Crippen molar-refractivity contribution in [2.45, 2.75) is 63.6 Å². The van der Waals surface area contributed by atoms with Gasteiger partial charge in [-0.2, -0.15) is 0 Å². The van der Waals surface area contributed by atoms with Crippen LogP contribution in [-0.2, 0) is 19.7 Å². The summed E-state index contributed by atoms with van der Waals surface area (Å²) in [5.74, 6) is 0.790. The summed E-state index contributed by atoms with van der Waals surface area (Å²) in [4.78, 5) is 0. The van der Waals surface area contributed by atoms with Gasteiger partial charge in [0.05, 0.1) is 17.3 Å². The number of nitrogens with zero attached hydrogens (tertiary/aromatic N) is 3. The van der Waals surface area contributed by atoms with E-state index < -0.39 is 19.7 Å². The molecule has 1 aliphatic heterocycles. The topological polar surface area (TPSA) is 99.0 Å². The van der Waals surface area contributed by atoms with E-state index in [1.54, 1.807) is 11.5 Å². The van der Waals surface area contributed by atoms with Gasteiger partial charge in [0.2, 0.25) is 15.0 Å². The quantitative estimate of drug-likeness (QED) is 0.780. The van der Waals surface area contributed by atoms with Gasteiger partial charge in [0.1, 0.15) is 5.82 Å². The summed E-state index contributed by atoms with van der Waals surface area (Å²) in [7, 11) is -6.79. The van der Waals surface area contributed by atoms with Crippen molar-refractivity contribution in [2.75, 3.05) is 17.3 Å². The third-order valence-electron chi connectivity index (χ3n) is 5.40. The highest BCUT2D eigenvalue weighted by atomic mass is 32.2. The first-order chi connectivity index (χ1) is 11.7. The molecule has 2 aliphatic rings. The third-order valence-corrected chi connectivity index (χ3v) is 9.03. The van der Waals surface area contributed by atoms with Crippen molar-refractivity contribution in [1.29, 1.82) is 0 Å². The molecule has 0 N–H and O–H groups in total. The summed E-state index contributed by atoms with van der Waals surface area (Å²) < 4.78 is 51.3. The molecule has 25 heavy (non-hydrogen) atoms. The van der Waals surface area contributed by atoms with Crippen molar-refractivity contribution in [3.05, 3.63) is 5.82 Å². The normalized spacial score (nSPS) is 30.2. The lowest BCUT2D eigenvalue weighted by Crippen LogP contribution is -2.31. The predicted octanol–water partition coefficient (Wildman–Crippen LogP) is 1.94. The second kappa shape index (κ2) is 6.98. The molecule has 0 spiro atoms.